The first kappa shape index (κ1) is 20.5. The summed E-state index contributed by atoms with van der Waals surface area (Å²) in [6.07, 6.45) is 3.49. The number of benzene rings is 1. The third-order valence-electron chi connectivity index (χ3n) is 4.53. The van der Waals surface area contributed by atoms with E-state index in [1.54, 1.807) is 10.9 Å². The van der Waals surface area contributed by atoms with Crippen molar-refractivity contribution in [3.8, 4) is 5.69 Å². The lowest BCUT2D eigenvalue weighted by atomic mass is 10.1. The van der Waals surface area contributed by atoms with Gasteiger partial charge >= 0.3 is 0 Å². The number of ether oxygens (including phenoxy) is 1. The van der Waals surface area contributed by atoms with E-state index < -0.39 is 10.0 Å². The number of carbonyl (C=O) groups excluding carboxylic acids is 1. The average Bonchev–Trinajstić information content (AvgIpc) is 3.16. The first-order valence-corrected chi connectivity index (χ1v) is 10.9. The fourth-order valence-corrected chi connectivity index (χ4v) is 4.73. The highest BCUT2D eigenvalue weighted by Gasteiger charge is 2.30. The number of nitrogens with zero attached hydrogens (tertiary/aromatic N) is 3. The number of carbonyl (C=O) groups is 1. The summed E-state index contributed by atoms with van der Waals surface area (Å²) in [4.78, 5) is 12.1. The Morgan fingerprint density at radius 2 is 1.89 bits per heavy atom. The molecule has 1 saturated heterocycles. The SMILES string of the molecule is CC1CN(S(=O)(=O)CCNC(=O)Cc2ccc(-n3cccn3)cc2)CC(C)O1. The minimum atomic E-state index is -3.42. The van der Waals surface area contributed by atoms with Gasteiger partial charge in [-0.3, -0.25) is 4.79 Å². The van der Waals surface area contributed by atoms with Gasteiger partial charge in [0.2, 0.25) is 15.9 Å². The van der Waals surface area contributed by atoms with Crippen LogP contribution in [-0.2, 0) is 26.0 Å². The van der Waals surface area contributed by atoms with Crippen LogP contribution in [0.3, 0.4) is 0 Å². The lowest BCUT2D eigenvalue weighted by Gasteiger charge is -2.34. The van der Waals surface area contributed by atoms with E-state index in [1.807, 2.05) is 50.4 Å². The highest BCUT2D eigenvalue weighted by molar-refractivity contribution is 7.89. The van der Waals surface area contributed by atoms with E-state index in [4.69, 9.17) is 4.74 Å². The zero-order chi connectivity index (χ0) is 20.1. The Bertz CT molecular complexity index is 871. The molecule has 1 aliphatic rings. The minimum Gasteiger partial charge on any atom is -0.373 e. The summed E-state index contributed by atoms with van der Waals surface area (Å²) in [5.41, 5.74) is 1.77. The monoisotopic (exact) mass is 406 g/mol. The van der Waals surface area contributed by atoms with Crippen molar-refractivity contribution in [2.24, 2.45) is 0 Å². The number of morpholine rings is 1. The molecule has 1 amide bonds. The molecule has 2 heterocycles. The topological polar surface area (TPSA) is 93.5 Å². The Morgan fingerprint density at radius 1 is 1.21 bits per heavy atom. The molecule has 2 unspecified atom stereocenters. The number of rotatable bonds is 7. The number of nitrogens with one attached hydrogen (secondary N) is 1. The molecule has 1 aliphatic heterocycles. The van der Waals surface area contributed by atoms with Gasteiger partial charge in [-0.1, -0.05) is 12.1 Å². The molecule has 152 valence electrons. The predicted molar refractivity (Wildman–Crippen MR) is 106 cm³/mol. The molecule has 0 bridgehead atoms. The second kappa shape index (κ2) is 8.85. The Balaban J connectivity index is 1.46. The van der Waals surface area contributed by atoms with Crippen molar-refractivity contribution in [3.05, 3.63) is 48.3 Å². The van der Waals surface area contributed by atoms with E-state index >= 15 is 0 Å². The molecule has 9 heteroatoms. The van der Waals surface area contributed by atoms with Crippen molar-refractivity contribution in [2.45, 2.75) is 32.5 Å². The second-order valence-corrected chi connectivity index (χ2v) is 9.12. The highest BCUT2D eigenvalue weighted by Crippen LogP contribution is 2.14. The highest BCUT2D eigenvalue weighted by atomic mass is 32.2. The number of hydrogen-bond acceptors (Lipinski definition) is 5. The van der Waals surface area contributed by atoms with Gasteiger partial charge in [0.15, 0.2) is 0 Å². The summed E-state index contributed by atoms with van der Waals surface area (Å²) >= 11 is 0. The Kier molecular flexibility index (Phi) is 6.48. The smallest absolute Gasteiger partial charge is 0.224 e. The standard InChI is InChI=1S/C19H26N4O4S/c1-15-13-22(14-16(2)27-15)28(25,26)11-9-20-19(24)12-17-4-6-18(7-5-17)23-10-3-8-21-23/h3-8,10,15-16H,9,11-14H2,1-2H3,(H,20,24). The maximum atomic E-state index is 12.5. The molecule has 0 aliphatic carbocycles. The quantitative estimate of drug-likeness (QED) is 0.740. The van der Waals surface area contributed by atoms with Crippen molar-refractivity contribution in [3.63, 3.8) is 0 Å². The van der Waals surface area contributed by atoms with E-state index in [0.29, 0.717) is 13.1 Å². The van der Waals surface area contributed by atoms with Crippen molar-refractivity contribution in [2.75, 3.05) is 25.4 Å². The molecule has 2 aromatic rings. The van der Waals surface area contributed by atoms with Crippen LogP contribution >= 0.6 is 0 Å². The first-order chi connectivity index (χ1) is 13.3. The maximum absolute atomic E-state index is 12.5. The van der Waals surface area contributed by atoms with Gasteiger partial charge in [0.25, 0.3) is 0 Å². The van der Waals surface area contributed by atoms with Gasteiger partial charge in [-0.15, -0.1) is 0 Å². The van der Waals surface area contributed by atoms with Crippen LogP contribution in [0.4, 0.5) is 0 Å². The lowest BCUT2D eigenvalue weighted by molar-refractivity contribution is -0.120. The van der Waals surface area contributed by atoms with Crippen LogP contribution in [0.25, 0.3) is 5.69 Å². The normalized spacial score (nSPS) is 20.8. The molecular weight excluding hydrogens is 380 g/mol. The molecule has 1 aromatic heterocycles. The zero-order valence-corrected chi connectivity index (χ0v) is 16.9. The summed E-state index contributed by atoms with van der Waals surface area (Å²) < 4.78 is 33.7. The molecule has 28 heavy (non-hydrogen) atoms. The molecule has 0 saturated carbocycles. The molecular formula is C19H26N4O4S. The van der Waals surface area contributed by atoms with Gasteiger partial charge < -0.3 is 10.1 Å². The molecule has 0 spiro atoms. The van der Waals surface area contributed by atoms with Crippen LogP contribution in [0.5, 0.6) is 0 Å². The summed E-state index contributed by atoms with van der Waals surface area (Å²) in [7, 11) is -3.42. The van der Waals surface area contributed by atoms with Crippen LogP contribution < -0.4 is 5.32 Å². The minimum absolute atomic E-state index is 0.0899. The van der Waals surface area contributed by atoms with Gasteiger partial charge in [-0.2, -0.15) is 9.40 Å². The van der Waals surface area contributed by atoms with Gasteiger partial charge in [0.1, 0.15) is 0 Å². The molecule has 1 fully saturated rings. The van der Waals surface area contributed by atoms with Crippen LogP contribution in [0.2, 0.25) is 0 Å². The Labute approximate surface area is 165 Å². The van der Waals surface area contributed by atoms with Crippen LogP contribution in [0.1, 0.15) is 19.4 Å². The van der Waals surface area contributed by atoms with E-state index in [2.05, 4.69) is 10.4 Å². The van der Waals surface area contributed by atoms with Crippen LogP contribution in [0.15, 0.2) is 42.7 Å². The Morgan fingerprint density at radius 3 is 2.50 bits per heavy atom. The van der Waals surface area contributed by atoms with Crippen molar-refractivity contribution < 1.29 is 17.9 Å². The average molecular weight is 407 g/mol. The molecule has 1 aromatic carbocycles. The summed E-state index contributed by atoms with van der Waals surface area (Å²) in [6, 6.07) is 9.35. The van der Waals surface area contributed by atoms with Gasteiger partial charge in [-0.05, 0) is 37.6 Å². The number of amides is 1. The number of aromatic nitrogens is 2. The van der Waals surface area contributed by atoms with Crippen molar-refractivity contribution >= 4 is 15.9 Å². The number of hydrogen-bond donors (Lipinski definition) is 1. The van der Waals surface area contributed by atoms with Gasteiger partial charge in [0.05, 0.1) is 30.1 Å². The summed E-state index contributed by atoms with van der Waals surface area (Å²) in [6.45, 7) is 4.51. The lowest BCUT2D eigenvalue weighted by Crippen LogP contribution is -2.49. The molecule has 1 N–H and O–H groups in total. The summed E-state index contributed by atoms with van der Waals surface area (Å²) in [5, 5.41) is 6.85. The van der Waals surface area contributed by atoms with E-state index in [1.165, 1.54) is 4.31 Å². The van der Waals surface area contributed by atoms with E-state index in [9.17, 15) is 13.2 Å². The molecule has 0 radical (unpaired) electrons. The van der Waals surface area contributed by atoms with Crippen LogP contribution in [0, 0.1) is 0 Å². The Hall–Kier alpha value is -2.23. The van der Waals surface area contributed by atoms with Crippen LogP contribution in [-0.4, -0.2) is 66.0 Å². The fourth-order valence-electron chi connectivity index (χ4n) is 3.24. The van der Waals surface area contributed by atoms with Gasteiger partial charge in [-0.25, -0.2) is 13.1 Å². The predicted octanol–water partition coefficient (Wildman–Crippen LogP) is 0.970. The number of sulfonamides is 1. The third-order valence-corrected chi connectivity index (χ3v) is 6.34. The summed E-state index contributed by atoms with van der Waals surface area (Å²) in [5.74, 6) is -0.318. The van der Waals surface area contributed by atoms with E-state index in [-0.39, 0.29) is 36.8 Å². The fraction of sp³-hybridized carbons (Fsp3) is 0.474. The van der Waals surface area contributed by atoms with Crippen molar-refractivity contribution in [1.29, 1.82) is 0 Å². The van der Waals surface area contributed by atoms with E-state index in [0.717, 1.165) is 11.3 Å². The van der Waals surface area contributed by atoms with Gasteiger partial charge in [0, 0.05) is 32.0 Å². The molecule has 2 atom stereocenters. The second-order valence-electron chi connectivity index (χ2n) is 7.03. The molecule has 8 nitrogen and oxygen atoms in total. The molecule has 3 rings (SSSR count). The zero-order valence-electron chi connectivity index (χ0n) is 16.1. The third kappa shape index (κ3) is 5.40. The maximum Gasteiger partial charge on any atom is 0.224 e. The largest absolute Gasteiger partial charge is 0.373 e. The first-order valence-electron chi connectivity index (χ1n) is 9.32. The van der Waals surface area contributed by atoms with Crippen molar-refractivity contribution in [1.82, 2.24) is 19.4 Å².